The summed E-state index contributed by atoms with van der Waals surface area (Å²) in [5.74, 6) is -0.167. The Hall–Kier alpha value is -2.07. The number of aromatic amines is 1. The van der Waals surface area contributed by atoms with Crippen molar-refractivity contribution in [2.45, 2.75) is 18.7 Å². The lowest BCUT2D eigenvalue weighted by Gasteiger charge is -2.36. The lowest BCUT2D eigenvalue weighted by atomic mass is 10.2. The standard InChI is InChI=1S/C21H27ClN4O4S/c1-15-19(23-16(2)20(15)31(28,29)26-11-13-30-14-12-26)21(27)25-9-7-24(8-10-25)18-5-3-17(22)4-6-18/h3-6,23H,7-14H2,1-2H3. The predicted molar refractivity (Wildman–Crippen MR) is 119 cm³/mol. The molecule has 0 spiro atoms. The highest BCUT2D eigenvalue weighted by molar-refractivity contribution is 7.89. The number of hydrogen-bond donors (Lipinski definition) is 1. The van der Waals surface area contributed by atoms with E-state index >= 15 is 0 Å². The number of rotatable bonds is 4. The Morgan fingerprint density at radius 1 is 1.00 bits per heavy atom. The Balaban J connectivity index is 1.50. The van der Waals surface area contributed by atoms with Crippen LogP contribution in [0.5, 0.6) is 0 Å². The number of aromatic nitrogens is 1. The molecule has 0 radical (unpaired) electrons. The molecule has 2 aromatic rings. The number of halogens is 1. The molecule has 1 aromatic carbocycles. The van der Waals surface area contributed by atoms with Crippen molar-refractivity contribution in [1.82, 2.24) is 14.2 Å². The van der Waals surface area contributed by atoms with E-state index in [9.17, 15) is 13.2 Å². The zero-order valence-corrected chi connectivity index (χ0v) is 19.3. The number of H-pyrrole nitrogens is 1. The molecule has 3 heterocycles. The first kappa shape index (κ1) is 22.1. The van der Waals surface area contributed by atoms with Gasteiger partial charge in [0.15, 0.2) is 0 Å². The molecule has 1 N–H and O–H groups in total. The maximum absolute atomic E-state index is 13.2. The molecule has 0 bridgehead atoms. The zero-order chi connectivity index (χ0) is 22.2. The largest absolute Gasteiger partial charge is 0.379 e. The van der Waals surface area contributed by atoms with Gasteiger partial charge < -0.3 is 19.5 Å². The lowest BCUT2D eigenvalue weighted by molar-refractivity contribution is 0.0729. The maximum atomic E-state index is 13.2. The number of piperazine rings is 1. The van der Waals surface area contributed by atoms with Crippen LogP contribution in [0, 0.1) is 13.8 Å². The van der Waals surface area contributed by atoms with Gasteiger partial charge in [0.2, 0.25) is 10.0 Å². The minimum atomic E-state index is -3.68. The summed E-state index contributed by atoms with van der Waals surface area (Å²) in [5.41, 5.74) is 2.40. The molecule has 10 heteroatoms. The van der Waals surface area contributed by atoms with Crippen molar-refractivity contribution in [3.63, 3.8) is 0 Å². The van der Waals surface area contributed by atoms with E-state index in [-0.39, 0.29) is 10.8 Å². The summed E-state index contributed by atoms with van der Waals surface area (Å²) in [5, 5.41) is 0.693. The topological polar surface area (TPSA) is 86.0 Å². The summed E-state index contributed by atoms with van der Waals surface area (Å²) in [6.07, 6.45) is 0. The van der Waals surface area contributed by atoms with Crippen LogP contribution in [0.15, 0.2) is 29.2 Å². The second kappa shape index (κ2) is 8.82. The smallest absolute Gasteiger partial charge is 0.270 e. The fraction of sp³-hybridized carbons (Fsp3) is 0.476. The molecular formula is C21H27ClN4O4S. The monoisotopic (exact) mass is 466 g/mol. The van der Waals surface area contributed by atoms with Crippen molar-refractivity contribution in [3.05, 3.63) is 46.2 Å². The highest BCUT2D eigenvalue weighted by atomic mass is 35.5. The average Bonchev–Trinajstić information content (AvgIpc) is 3.09. The SMILES string of the molecule is Cc1[nH]c(C(=O)N2CCN(c3ccc(Cl)cc3)CC2)c(C)c1S(=O)(=O)N1CCOCC1. The van der Waals surface area contributed by atoms with Crippen molar-refractivity contribution in [2.24, 2.45) is 0 Å². The third kappa shape index (κ3) is 4.32. The van der Waals surface area contributed by atoms with Crippen LogP contribution in [0.3, 0.4) is 0 Å². The van der Waals surface area contributed by atoms with Gasteiger partial charge in [-0.3, -0.25) is 4.79 Å². The zero-order valence-electron chi connectivity index (χ0n) is 17.7. The Morgan fingerprint density at radius 2 is 1.61 bits per heavy atom. The fourth-order valence-electron chi connectivity index (χ4n) is 4.23. The van der Waals surface area contributed by atoms with Gasteiger partial charge in [-0.25, -0.2) is 8.42 Å². The fourth-order valence-corrected chi connectivity index (χ4v) is 6.17. The molecule has 1 amide bonds. The maximum Gasteiger partial charge on any atom is 0.270 e. The van der Waals surface area contributed by atoms with Crippen LogP contribution in [-0.2, 0) is 14.8 Å². The van der Waals surface area contributed by atoms with Gasteiger partial charge in [0.05, 0.1) is 13.2 Å². The van der Waals surface area contributed by atoms with Crippen LogP contribution in [0.25, 0.3) is 0 Å². The molecule has 1 aromatic heterocycles. The molecule has 8 nitrogen and oxygen atoms in total. The summed E-state index contributed by atoms with van der Waals surface area (Å²) < 4.78 is 33.1. The van der Waals surface area contributed by atoms with E-state index < -0.39 is 10.0 Å². The van der Waals surface area contributed by atoms with Crippen LogP contribution in [0.4, 0.5) is 5.69 Å². The third-order valence-corrected chi connectivity index (χ3v) is 8.33. The molecular weight excluding hydrogens is 440 g/mol. The number of sulfonamides is 1. The number of carbonyl (C=O) groups excluding carboxylic acids is 1. The molecule has 0 atom stereocenters. The Morgan fingerprint density at radius 3 is 2.23 bits per heavy atom. The Bertz CT molecular complexity index is 1050. The number of amides is 1. The predicted octanol–water partition coefficient (Wildman–Crippen LogP) is 2.27. The number of anilines is 1. The molecule has 2 aliphatic heterocycles. The van der Waals surface area contributed by atoms with Crippen molar-refractivity contribution >= 4 is 33.2 Å². The Labute approximate surface area is 187 Å². The number of ether oxygens (including phenoxy) is 1. The van der Waals surface area contributed by atoms with Crippen molar-refractivity contribution in [2.75, 3.05) is 57.4 Å². The first-order valence-corrected chi connectivity index (χ1v) is 12.2. The molecule has 2 saturated heterocycles. The normalized spacial score (nSPS) is 18.4. The summed E-state index contributed by atoms with van der Waals surface area (Å²) >= 11 is 5.97. The molecule has 0 saturated carbocycles. The number of hydrogen-bond acceptors (Lipinski definition) is 5. The van der Waals surface area contributed by atoms with E-state index in [2.05, 4.69) is 9.88 Å². The van der Waals surface area contributed by atoms with E-state index in [1.165, 1.54) is 4.31 Å². The van der Waals surface area contributed by atoms with Gasteiger partial charge in [-0.15, -0.1) is 0 Å². The van der Waals surface area contributed by atoms with Crippen LogP contribution < -0.4 is 4.90 Å². The number of nitrogens with one attached hydrogen (secondary N) is 1. The second-order valence-electron chi connectivity index (χ2n) is 7.85. The number of morpholine rings is 1. The van der Waals surface area contributed by atoms with E-state index in [1.807, 2.05) is 24.3 Å². The summed E-state index contributed by atoms with van der Waals surface area (Å²) in [6.45, 7) is 7.33. The average molecular weight is 467 g/mol. The van der Waals surface area contributed by atoms with Gasteiger partial charge in [-0.2, -0.15) is 4.31 Å². The molecule has 4 rings (SSSR count). The van der Waals surface area contributed by atoms with Crippen molar-refractivity contribution in [1.29, 1.82) is 0 Å². The molecule has 2 aliphatic rings. The van der Waals surface area contributed by atoms with E-state index in [0.717, 1.165) is 5.69 Å². The highest BCUT2D eigenvalue weighted by Crippen LogP contribution is 2.28. The number of benzene rings is 1. The molecule has 0 aliphatic carbocycles. The van der Waals surface area contributed by atoms with E-state index in [1.54, 1.807) is 18.7 Å². The minimum absolute atomic E-state index is 0.167. The molecule has 0 unspecified atom stereocenters. The Kier molecular flexibility index (Phi) is 6.30. The summed E-state index contributed by atoms with van der Waals surface area (Å²) in [4.78, 5) is 20.4. The van der Waals surface area contributed by atoms with Crippen molar-refractivity contribution in [3.8, 4) is 0 Å². The second-order valence-corrected chi connectivity index (χ2v) is 10.2. The van der Waals surface area contributed by atoms with Crippen LogP contribution in [0.1, 0.15) is 21.7 Å². The number of aryl methyl sites for hydroxylation is 1. The molecule has 31 heavy (non-hydrogen) atoms. The summed E-state index contributed by atoms with van der Waals surface area (Å²) in [7, 11) is -3.68. The lowest BCUT2D eigenvalue weighted by Crippen LogP contribution is -2.49. The van der Waals surface area contributed by atoms with Crippen LogP contribution in [-0.4, -0.2) is 81.0 Å². The van der Waals surface area contributed by atoms with Crippen molar-refractivity contribution < 1.29 is 17.9 Å². The minimum Gasteiger partial charge on any atom is -0.379 e. The van der Waals surface area contributed by atoms with Crippen LogP contribution >= 0.6 is 11.6 Å². The number of carbonyl (C=O) groups is 1. The first-order chi connectivity index (χ1) is 14.8. The first-order valence-electron chi connectivity index (χ1n) is 10.4. The third-order valence-electron chi connectivity index (χ3n) is 5.91. The van der Waals surface area contributed by atoms with Gasteiger partial charge in [0, 0.05) is 55.7 Å². The van der Waals surface area contributed by atoms with E-state index in [4.69, 9.17) is 16.3 Å². The van der Waals surface area contributed by atoms with Gasteiger partial charge in [-0.05, 0) is 43.7 Å². The van der Waals surface area contributed by atoms with Gasteiger partial charge in [0.1, 0.15) is 10.6 Å². The summed E-state index contributed by atoms with van der Waals surface area (Å²) in [6, 6.07) is 7.66. The number of nitrogens with zero attached hydrogens (tertiary/aromatic N) is 3. The quantitative estimate of drug-likeness (QED) is 0.747. The van der Waals surface area contributed by atoms with Gasteiger partial charge in [0.25, 0.3) is 5.91 Å². The molecule has 2 fully saturated rings. The van der Waals surface area contributed by atoms with E-state index in [0.29, 0.717) is 74.5 Å². The van der Waals surface area contributed by atoms with Crippen LogP contribution in [0.2, 0.25) is 5.02 Å². The highest BCUT2D eigenvalue weighted by Gasteiger charge is 2.34. The van der Waals surface area contributed by atoms with Gasteiger partial charge in [-0.1, -0.05) is 11.6 Å². The molecule has 168 valence electrons. The van der Waals surface area contributed by atoms with Gasteiger partial charge >= 0.3 is 0 Å².